The van der Waals surface area contributed by atoms with Crippen molar-refractivity contribution in [1.29, 1.82) is 0 Å². The molecule has 0 spiro atoms. The van der Waals surface area contributed by atoms with E-state index in [1.165, 1.54) is 24.7 Å². The summed E-state index contributed by atoms with van der Waals surface area (Å²) in [6, 6.07) is 5.81. The monoisotopic (exact) mass is 248 g/mol. The minimum absolute atomic E-state index is 0.325. The average molecular weight is 248 g/mol. The second kappa shape index (κ2) is 5.44. The SMILES string of the molecule is CCCOC(=O)c1cncn1-c1ccc(F)cc1. The molecule has 0 radical (unpaired) electrons. The Morgan fingerprint density at radius 1 is 1.39 bits per heavy atom. The molecule has 0 amide bonds. The molecular weight excluding hydrogens is 235 g/mol. The zero-order chi connectivity index (χ0) is 13.0. The van der Waals surface area contributed by atoms with Gasteiger partial charge in [-0.1, -0.05) is 6.92 Å². The van der Waals surface area contributed by atoms with E-state index in [4.69, 9.17) is 4.74 Å². The molecule has 2 rings (SSSR count). The van der Waals surface area contributed by atoms with Crippen molar-refractivity contribution in [3.63, 3.8) is 0 Å². The summed E-state index contributed by atoms with van der Waals surface area (Å²) in [5.41, 5.74) is 0.993. The van der Waals surface area contributed by atoms with Gasteiger partial charge in [-0.3, -0.25) is 4.57 Å². The molecule has 2 aromatic rings. The first-order chi connectivity index (χ1) is 8.72. The summed E-state index contributed by atoms with van der Waals surface area (Å²) in [7, 11) is 0. The predicted octanol–water partition coefficient (Wildman–Crippen LogP) is 2.58. The lowest BCUT2D eigenvalue weighted by atomic mass is 10.3. The minimum atomic E-state index is -0.432. The van der Waals surface area contributed by atoms with Gasteiger partial charge in [-0.2, -0.15) is 0 Å². The fourth-order valence-electron chi connectivity index (χ4n) is 1.52. The molecule has 94 valence electrons. The standard InChI is InChI=1S/C13H13FN2O2/c1-2-7-18-13(17)12-8-15-9-16(12)11-5-3-10(14)4-6-11/h3-6,8-9H,2,7H2,1H3. The Hall–Kier alpha value is -2.17. The van der Waals surface area contributed by atoms with Crippen molar-refractivity contribution in [2.45, 2.75) is 13.3 Å². The highest BCUT2D eigenvalue weighted by Gasteiger charge is 2.14. The van der Waals surface area contributed by atoms with Crippen LogP contribution in [0.5, 0.6) is 0 Å². The number of carbonyl (C=O) groups excluding carboxylic acids is 1. The van der Waals surface area contributed by atoms with Crippen molar-refractivity contribution in [3.8, 4) is 5.69 Å². The van der Waals surface area contributed by atoms with Crippen molar-refractivity contribution in [2.24, 2.45) is 0 Å². The molecule has 0 unspecified atom stereocenters. The Balaban J connectivity index is 2.27. The van der Waals surface area contributed by atoms with Crippen LogP contribution < -0.4 is 0 Å². The van der Waals surface area contributed by atoms with Crippen LogP contribution in [0.2, 0.25) is 0 Å². The maximum Gasteiger partial charge on any atom is 0.356 e. The number of rotatable bonds is 4. The van der Waals surface area contributed by atoms with E-state index in [2.05, 4.69) is 4.98 Å². The lowest BCUT2D eigenvalue weighted by Crippen LogP contribution is -2.11. The third kappa shape index (κ3) is 2.56. The molecule has 0 saturated heterocycles. The fraction of sp³-hybridized carbons (Fsp3) is 0.231. The van der Waals surface area contributed by atoms with Gasteiger partial charge in [-0.25, -0.2) is 14.2 Å². The van der Waals surface area contributed by atoms with Crippen LogP contribution in [0.25, 0.3) is 5.69 Å². The molecule has 0 bridgehead atoms. The molecule has 1 aromatic carbocycles. The normalized spacial score (nSPS) is 10.3. The van der Waals surface area contributed by atoms with Crippen LogP contribution in [0.1, 0.15) is 23.8 Å². The molecule has 4 nitrogen and oxygen atoms in total. The van der Waals surface area contributed by atoms with Gasteiger partial charge in [0.2, 0.25) is 0 Å². The van der Waals surface area contributed by atoms with E-state index in [9.17, 15) is 9.18 Å². The second-order valence-electron chi connectivity index (χ2n) is 3.76. The van der Waals surface area contributed by atoms with E-state index >= 15 is 0 Å². The topological polar surface area (TPSA) is 44.1 Å². The molecule has 5 heteroatoms. The summed E-state index contributed by atoms with van der Waals surface area (Å²) in [4.78, 5) is 15.7. The van der Waals surface area contributed by atoms with Gasteiger partial charge in [0.25, 0.3) is 0 Å². The van der Waals surface area contributed by atoms with Gasteiger partial charge in [0, 0.05) is 5.69 Å². The van der Waals surface area contributed by atoms with Crippen molar-refractivity contribution in [2.75, 3.05) is 6.61 Å². The summed E-state index contributed by atoms with van der Waals surface area (Å²) in [5.74, 6) is -0.757. The third-order valence-corrected chi connectivity index (χ3v) is 2.39. The number of esters is 1. The Kier molecular flexibility index (Phi) is 3.72. The van der Waals surface area contributed by atoms with Crippen LogP contribution in [0, 0.1) is 5.82 Å². The maximum atomic E-state index is 12.8. The number of hydrogen-bond donors (Lipinski definition) is 0. The first kappa shape index (κ1) is 12.3. The zero-order valence-corrected chi connectivity index (χ0v) is 9.97. The van der Waals surface area contributed by atoms with Gasteiger partial charge >= 0.3 is 5.97 Å². The maximum absolute atomic E-state index is 12.8. The molecule has 0 saturated carbocycles. The number of ether oxygens (including phenoxy) is 1. The molecule has 0 atom stereocenters. The van der Waals surface area contributed by atoms with Gasteiger partial charge in [-0.15, -0.1) is 0 Å². The Labute approximate surface area is 104 Å². The molecule has 1 heterocycles. The molecule has 0 N–H and O–H groups in total. The summed E-state index contributed by atoms with van der Waals surface area (Å²) in [6.07, 6.45) is 3.69. The smallest absolute Gasteiger partial charge is 0.356 e. The van der Waals surface area contributed by atoms with Crippen LogP contribution in [0.15, 0.2) is 36.8 Å². The first-order valence-electron chi connectivity index (χ1n) is 5.67. The van der Waals surface area contributed by atoms with Crippen molar-refractivity contribution in [3.05, 3.63) is 48.3 Å². The third-order valence-electron chi connectivity index (χ3n) is 2.39. The molecule has 18 heavy (non-hydrogen) atoms. The van der Waals surface area contributed by atoms with Crippen LogP contribution in [-0.4, -0.2) is 22.1 Å². The minimum Gasteiger partial charge on any atom is -0.461 e. The number of imidazole rings is 1. The van der Waals surface area contributed by atoms with Crippen LogP contribution >= 0.6 is 0 Å². The molecular formula is C13H13FN2O2. The highest BCUT2D eigenvalue weighted by atomic mass is 19.1. The van der Waals surface area contributed by atoms with Crippen LogP contribution in [0.4, 0.5) is 4.39 Å². The van der Waals surface area contributed by atoms with Crippen molar-refractivity contribution >= 4 is 5.97 Å². The summed E-state index contributed by atoms with van der Waals surface area (Å²) in [6.45, 7) is 2.29. The number of benzene rings is 1. The lowest BCUT2D eigenvalue weighted by Gasteiger charge is -2.07. The van der Waals surface area contributed by atoms with E-state index in [1.807, 2.05) is 6.92 Å². The van der Waals surface area contributed by atoms with Gasteiger partial charge in [-0.05, 0) is 30.7 Å². The molecule has 0 aliphatic heterocycles. The lowest BCUT2D eigenvalue weighted by molar-refractivity contribution is 0.0495. The molecule has 0 aliphatic rings. The van der Waals surface area contributed by atoms with Crippen LogP contribution in [0.3, 0.4) is 0 Å². The predicted molar refractivity (Wildman–Crippen MR) is 64.1 cm³/mol. The molecule has 1 aromatic heterocycles. The van der Waals surface area contributed by atoms with Gasteiger partial charge in [0.15, 0.2) is 5.69 Å². The highest BCUT2D eigenvalue weighted by molar-refractivity contribution is 5.88. The quantitative estimate of drug-likeness (QED) is 0.781. The zero-order valence-electron chi connectivity index (χ0n) is 9.97. The number of halogens is 1. The number of hydrogen-bond acceptors (Lipinski definition) is 3. The largest absolute Gasteiger partial charge is 0.461 e. The van der Waals surface area contributed by atoms with E-state index in [-0.39, 0.29) is 5.82 Å². The number of nitrogens with zero attached hydrogens (tertiary/aromatic N) is 2. The first-order valence-corrected chi connectivity index (χ1v) is 5.67. The van der Waals surface area contributed by atoms with Gasteiger partial charge in [0.05, 0.1) is 19.1 Å². The van der Waals surface area contributed by atoms with Crippen molar-refractivity contribution in [1.82, 2.24) is 9.55 Å². The van der Waals surface area contributed by atoms with Gasteiger partial charge < -0.3 is 4.74 Å². The summed E-state index contributed by atoms with van der Waals surface area (Å²) in [5, 5.41) is 0. The molecule has 0 aliphatic carbocycles. The van der Waals surface area contributed by atoms with Crippen molar-refractivity contribution < 1.29 is 13.9 Å². The Morgan fingerprint density at radius 3 is 2.78 bits per heavy atom. The Bertz CT molecular complexity index is 534. The van der Waals surface area contributed by atoms with E-state index in [1.54, 1.807) is 16.7 Å². The fourth-order valence-corrected chi connectivity index (χ4v) is 1.52. The van der Waals surface area contributed by atoms with E-state index < -0.39 is 5.97 Å². The average Bonchev–Trinajstić information content (AvgIpc) is 2.86. The summed E-state index contributed by atoms with van der Waals surface area (Å²) >= 11 is 0. The summed E-state index contributed by atoms with van der Waals surface area (Å²) < 4.78 is 19.5. The highest BCUT2D eigenvalue weighted by Crippen LogP contribution is 2.13. The van der Waals surface area contributed by atoms with Crippen LogP contribution in [-0.2, 0) is 4.74 Å². The van der Waals surface area contributed by atoms with Gasteiger partial charge in [0.1, 0.15) is 5.82 Å². The number of carbonyl (C=O) groups is 1. The number of aromatic nitrogens is 2. The van der Waals surface area contributed by atoms with E-state index in [0.29, 0.717) is 18.0 Å². The van der Waals surface area contributed by atoms with E-state index in [0.717, 1.165) is 6.42 Å². The molecule has 0 fully saturated rings. The Morgan fingerprint density at radius 2 is 2.11 bits per heavy atom. The second-order valence-corrected chi connectivity index (χ2v) is 3.76.